The molecule has 0 bridgehead atoms. The zero-order valence-electron chi connectivity index (χ0n) is 14.1. The highest BCUT2D eigenvalue weighted by molar-refractivity contribution is 7.89. The van der Waals surface area contributed by atoms with Crippen LogP contribution in [-0.4, -0.2) is 65.7 Å². The average molecular weight is 385 g/mol. The summed E-state index contributed by atoms with van der Waals surface area (Å²) in [6, 6.07) is 3.67. The van der Waals surface area contributed by atoms with Gasteiger partial charge in [-0.1, -0.05) is 6.07 Å². The van der Waals surface area contributed by atoms with Crippen molar-refractivity contribution in [1.82, 2.24) is 9.21 Å². The summed E-state index contributed by atoms with van der Waals surface area (Å²) < 4.78 is 26.8. The minimum absolute atomic E-state index is 0.0449. The molecule has 142 valence electrons. The molecule has 0 aliphatic carbocycles. The molecular formula is C15H19N3O7S. The van der Waals surface area contributed by atoms with E-state index in [4.69, 9.17) is 5.11 Å². The van der Waals surface area contributed by atoms with Gasteiger partial charge in [0, 0.05) is 44.7 Å². The van der Waals surface area contributed by atoms with Crippen LogP contribution in [-0.2, 0) is 19.6 Å². The number of benzene rings is 1. The number of nitro benzene ring substituents is 1. The van der Waals surface area contributed by atoms with Gasteiger partial charge >= 0.3 is 5.97 Å². The van der Waals surface area contributed by atoms with Crippen LogP contribution in [0.2, 0.25) is 0 Å². The Morgan fingerprint density at radius 2 is 1.81 bits per heavy atom. The molecule has 0 radical (unpaired) electrons. The lowest BCUT2D eigenvalue weighted by molar-refractivity contribution is -0.385. The van der Waals surface area contributed by atoms with E-state index >= 15 is 0 Å². The number of piperazine rings is 1. The summed E-state index contributed by atoms with van der Waals surface area (Å²) in [6.07, 6.45) is -0.406. The normalized spacial score (nSPS) is 15.7. The Morgan fingerprint density at radius 3 is 2.35 bits per heavy atom. The van der Waals surface area contributed by atoms with Crippen LogP contribution in [0.1, 0.15) is 18.4 Å². The number of non-ortho nitro benzene ring substituents is 1. The molecule has 1 amide bonds. The van der Waals surface area contributed by atoms with E-state index < -0.39 is 20.9 Å². The molecule has 1 saturated heterocycles. The number of amides is 1. The first-order valence-electron chi connectivity index (χ1n) is 7.87. The molecule has 0 aromatic heterocycles. The zero-order chi connectivity index (χ0) is 19.5. The van der Waals surface area contributed by atoms with E-state index in [2.05, 4.69) is 0 Å². The molecule has 0 atom stereocenters. The monoisotopic (exact) mass is 385 g/mol. The number of carboxylic acid groups (broad SMARTS) is 1. The van der Waals surface area contributed by atoms with E-state index in [0.29, 0.717) is 5.56 Å². The molecule has 1 aliphatic rings. The number of carbonyl (C=O) groups is 2. The fourth-order valence-electron chi connectivity index (χ4n) is 2.67. The maximum atomic E-state index is 12.8. The summed E-state index contributed by atoms with van der Waals surface area (Å²) in [4.78, 5) is 34.0. The van der Waals surface area contributed by atoms with Gasteiger partial charge in [0.2, 0.25) is 15.9 Å². The Bertz CT molecular complexity index is 830. The Kier molecular flexibility index (Phi) is 5.93. The van der Waals surface area contributed by atoms with Crippen molar-refractivity contribution in [3.8, 4) is 0 Å². The van der Waals surface area contributed by atoms with Crippen LogP contribution < -0.4 is 0 Å². The predicted molar refractivity (Wildman–Crippen MR) is 90.0 cm³/mol. The van der Waals surface area contributed by atoms with Crippen molar-refractivity contribution >= 4 is 27.6 Å². The zero-order valence-corrected chi connectivity index (χ0v) is 14.9. The van der Waals surface area contributed by atoms with Gasteiger partial charge in [-0.3, -0.25) is 19.7 Å². The summed E-state index contributed by atoms with van der Waals surface area (Å²) in [7, 11) is -3.93. The largest absolute Gasteiger partial charge is 0.481 e. The molecule has 1 fully saturated rings. The maximum absolute atomic E-state index is 12.8. The van der Waals surface area contributed by atoms with E-state index in [1.54, 1.807) is 6.92 Å². The SMILES string of the molecule is Cc1ccc([N+](=O)[O-])cc1S(=O)(=O)N1CCN(C(=O)CCC(=O)O)CC1. The topological polar surface area (TPSA) is 138 Å². The van der Waals surface area contributed by atoms with E-state index in [1.165, 1.54) is 21.3 Å². The van der Waals surface area contributed by atoms with Crippen LogP contribution in [0.25, 0.3) is 0 Å². The van der Waals surface area contributed by atoms with E-state index in [1.807, 2.05) is 0 Å². The maximum Gasteiger partial charge on any atom is 0.303 e. The Balaban J connectivity index is 2.11. The van der Waals surface area contributed by atoms with E-state index in [0.717, 1.165) is 6.07 Å². The average Bonchev–Trinajstić information content (AvgIpc) is 2.59. The van der Waals surface area contributed by atoms with E-state index in [9.17, 15) is 28.1 Å². The lowest BCUT2D eigenvalue weighted by Gasteiger charge is -2.34. The molecular weight excluding hydrogens is 366 g/mol. The smallest absolute Gasteiger partial charge is 0.303 e. The summed E-state index contributed by atoms with van der Waals surface area (Å²) in [5.41, 5.74) is 0.0900. The lowest BCUT2D eigenvalue weighted by Crippen LogP contribution is -2.50. The molecule has 1 aromatic rings. The molecule has 1 aromatic carbocycles. The van der Waals surface area contributed by atoms with Crippen LogP contribution in [0.15, 0.2) is 23.1 Å². The van der Waals surface area contributed by atoms with Crippen molar-refractivity contribution in [2.45, 2.75) is 24.7 Å². The highest BCUT2D eigenvalue weighted by atomic mass is 32.2. The molecule has 26 heavy (non-hydrogen) atoms. The van der Waals surface area contributed by atoms with Crippen molar-refractivity contribution < 1.29 is 28.0 Å². The molecule has 0 spiro atoms. The number of aliphatic carboxylic acids is 1. The number of nitro groups is 1. The van der Waals surface area contributed by atoms with Gasteiger partial charge < -0.3 is 10.0 Å². The minimum Gasteiger partial charge on any atom is -0.481 e. The third-order valence-electron chi connectivity index (χ3n) is 4.14. The number of nitrogens with zero attached hydrogens (tertiary/aromatic N) is 3. The molecule has 1 heterocycles. The Morgan fingerprint density at radius 1 is 1.19 bits per heavy atom. The second kappa shape index (κ2) is 7.79. The number of aryl methyl sites for hydroxylation is 1. The standard InChI is InChI=1S/C15H19N3O7S/c1-11-2-3-12(18(22)23)10-13(11)26(24,25)17-8-6-16(7-9-17)14(19)4-5-15(20)21/h2-3,10H,4-9H2,1H3,(H,20,21). The highest BCUT2D eigenvalue weighted by Crippen LogP contribution is 2.25. The van der Waals surface area contributed by atoms with Crippen molar-refractivity contribution in [2.75, 3.05) is 26.2 Å². The van der Waals surface area contributed by atoms with Crippen LogP contribution in [0.5, 0.6) is 0 Å². The number of carbonyl (C=O) groups excluding carboxylic acids is 1. The van der Waals surface area contributed by atoms with Gasteiger partial charge in [0.25, 0.3) is 5.69 Å². The van der Waals surface area contributed by atoms with Crippen molar-refractivity contribution in [3.63, 3.8) is 0 Å². The minimum atomic E-state index is -3.93. The van der Waals surface area contributed by atoms with Crippen LogP contribution >= 0.6 is 0 Å². The second-order valence-corrected chi connectivity index (χ2v) is 7.79. The molecule has 10 nitrogen and oxygen atoms in total. The molecule has 2 rings (SSSR count). The number of carboxylic acids is 1. The van der Waals surface area contributed by atoms with Crippen LogP contribution in [0.3, 0.4) is 0 Å². The number of sulfonamides is 1. The lowest BCUT2D eigenvalue weighted by atomic mass is 10.2. The van der Waals surface area contributed by atoms with Crippen LogP contribution in [0, 0.1) is 17.0 Å². The molecule has 0 unspecified atom stereocenters. The Labute approximate surface area is 150 Å². The summed E-state index contributed by atoms with van der Waals surface area (Å²) in [5, 5.41) is 19.5. The van der Waals surface area contributed by atoms with Gasteiger partial charge in [0.05, 0.1) is 16.2 Å². The van der Waals surface area contributed by atoms with Gasteiger partial charge in [-0.25, -0.2) is 8.42 Å². The molecule has 0 saturated carbocycles. The number of hydrogen-bond donors (Lipinski definition) is 1. The van der Waals surface area contributed by atoms with Gasteiger partial charge in [-0.15, -0.1) is 0 Å². The first-order chi connectivity index (χ1) is 12.1. The summed E-state index contributed by atoms with van der Waals surface area (Å²) >= 11 is 0. The number of rotatable bonds is 6. The molecule has 1 aliphatic heterocycles. The van der Waals surface area contributed by atoms with E-state index in [-0.39, 0.29) is 55.5 Å². The van der Waals surface area contributed by atoms with Crippen LogP contribution in [0.4, 0.5) is 5.69 Å². The third kappa shape index (κ3) is 4.35. The first kappa shape index (κ1) is 19.8. The van der Waals surface area contributed by atoms with Crippen molar-refractivity contribution in [2.24, 2.45) is 0 Å². The fourth-order valence-corrected chi connectivity index (χ4v) is 4.34. The molecule has 11 heteroatoms. The summed E-state index contributed by atoms with van der Waals surface area (Å²) in [6.45, 7) is 1.94. The van der Waals surface area contributed by atoms with Crippen molar-refractivity contribution in [1.29, 1.82) is 0 Å². The fraction of sp³-hybridized carbons (Fsp3) is 0.467. The van der Waals surface area contributed by atoms with Gasteiger partial charge in [-0.2, -0.15) is 4.31 Å². The quantitative estimate of drug-likeness (QED) is 0.559. The van der Waals surface area contributed by atoms with Gasteiger partial charge in [0.1, 0.15) is 0 Å². The van der Waals surface area contributed by atoms with Gasteiger partial charge in [0.15, 0.2) is 0 Å². The summed E-state index contributed by atoms with van der Waals surface area (Å²) in [5.74, 6) is -1.41. The Hall–Kier alpha value is -2.53. The van der Waals surface area contributed by atoms with Gasteiger partial charge in [-0.05, 0) is 12.5 Å². The third-order valence-corrected chi connectivity index (χ3v) is 6.19. The second-order valence-electron chi connectivity index (χ2n) is 5.89. The first-order valence-corrected chi connectivity index (χ1v) is 9.31. The number of hydrogen-bond acceptors (Lipinski definition) is 6. The predicted octanol–water partition coefficient (Wildman–Crippen LogP) is 0.601. The highest BCUT2D eigenvalue weighted by Gasteiger charge is 2.32. The van der Waals surface area contributed by atoms with Crippen molar-refractivity contribution in [3.05, 3.63) is 33.9 Å². The molecule has 1 N–H and O–H groups in total.